The molecule has 2 amide bonds. The van der Waals surface area contributed by atoms with E-state index in [1.165, 1.54) is 16.7 Å². The molecule has 0 radical (unpaired) electrons. The molecule has 4 heterocycles. The van der Waals surface area contributed by atoms with Crippen LogP contribution in [0, 0.1) is 11.3 Å². The van der Waals surface area contributed by atoms with Crippen molar-refractivity contribution in [1.29, 1.82) is 5.26 Å². The first-order chi connectivity index (χ1) is 31.1. The number of carbonyl (C=O) groups excluding carboxylic acids is 2. The van der Waals surface area contributed by atoms with Gasteiger partial charge in [-0.15, -0.1) is 0 Å². The van der Waals surface area contributed by atoms with Gasteiger partial charge in [-0.3, -0.25) is 9.59 Å². The number of anilines is 3. The first-order valence-electron chi connectivity index (χ1n) is 21.3. The van der Waals surface area contributed by atoms with Crippen LogP contribution in [0.4, 0.5) is 17.5 Å². The van der Waals surface area contributed by atoms with Gasteiger partial charge in [-0.05, 0) is 65.8 Å². The molecule has 1 saturated heterocycles. The lowest BCUT2D eigenvalue weighted by atomic mass is 10.0. The number of halogens is 1. The van der Waals surface area contributed by atoms with Gasteiger partial charge in [0.1, 0.15) is 17.3 Å². The fraction of sp³-hybridized carbons (Fsp3) is 0.298. The number of fused-ring (bicyclic) bond motifs is 2. The zero-order valence-electron chi connectivity index (χ0n) is 35.4. The number of rotatable bonds is 14. The Morgan fingerprint density at radius 1 is 1.03 bits per heavy atom. The van der Waals surface area contributed by atoms with Crippen molar-refractivity contribution in [3.05, 3.63) is 123 Å². The molecule has 8 rings (SSSR count). The molecule has 6 aromatic rings. The number of nitrogens with one attached hydrogen (secondary N) is 3. The van der Waals surface area contributed by atoms with Crippen LogP contribution in [0.5, 0.6) is 11.5 Å². The van der Waals surface area contributed by atoms with Crippen LogP contribution in [0.3, 0.4) is 0 Å². The number of hydrogen-bond acceptors (Lipinski definition) is 12. The number of aryl methyl sites for hydroxylation is 1. The van der Waals surface area contributed by atoms with Crippen molar-refractivity contribution in [2.75, 3.05) is 47.8 Å². The van der Waals surface area contributed by atoms with Gasteiger partial charge in [-0.2, -0.15) is 15.3 Å². The number of aromatic hydroxyl groups is 2. The van der Waals surface area contributed by atoms with Crippen molar-refractivity contribution >= 4 is 51.6 Å². The normalized spacial score (nSPS) is 14.8. The van der Waals surface area contributed by atoms with Crippen molar-refractivity contribution in [2.45, 2.75) is 58.2 Å². The number of carbonyl (C=O) groups is 2. The maximum absolute atomic E-state index is 13.1. The topological polar surface area (TPSA) is 209 Å². The molecular formula is C47H48ClN11O5. The van der Waals surface area contributed by atoms with E-state index in [-0.39, 0.29) is 61.1 Å². The maximum atomic E-state index is 13.1. The second-order valence-electron chi connectivity index (χ2n) is 15.8. The molecule has 17 heteroatoms. The van der Waals surface area contributed by atoms with Crippen LogP contribution < -0.4 is 26.1 Å². The van der Waals surface area contributed by atoms with E-state index in [0.29, 0.717) is 73.4 Å². The average Bonchev–Trinajstić information content (AvgIpc) is 3.69. The average molecular weight is 882 g/mol. The summed E-state index contributed by atoms with van der Waals surface area (Å²) in [5.74, 6) is 0.671. The molecule has 1 atom stereocenters. The lowest BCUT2D eigenvalue weighted by Gasteiger charge is -2.42. The van der Waals surface area contributed by atoms with Crippen LogP contribution >= 0.6 is 11.6 Å². The van der Waals surface area contributed by atoms with E-state index < -0.39 is 5.69 Å². The summed E-state index contributed by atoms with van der Waals surface area (Å²) in [5, 5.41) is 46.1. The van der Waals surface area contributed by atoms with Crippen molar-refractivity contribution in [3.8, 4) is 34.6 Å². The van der Waals surface area contributed by atoms with E-state index in [1.54, 1.807) is 35.2 Å². The lowest BCUT2D eigenvalue weighted by molar-refractivity contribution is -0.128. The number of amides is 2. The molecule has 0 bridgehead atoms. The Labute approximate surface area is 374 Å². The molecule has 2 aromatic heterocycles. The zero-order chi connectivity index (χ0) is 44.9. The number of nitriles is 1. The number of aromatic amines is 1. The summed E-state index contributed by atoms with van der Waals surface area (Å²) in [6.45, 7) is 8.66. The molecule has 1 fully saturated rings. The Kier molecular flexibility index (Phi) is 12.8. The Balaban J connectivity index is 0.960. The van der Waals surface area contributed by atoms with Crippen LogP contribution in [0.15, 0.2) is 90.2 Å². The smallest absolute Gasteiger partial charge is 0.348 e. The van der Waals surface area contributed by atoms with E-state index in [1.807, 2.05) is 37.3 Å². The fourth-order valence-corrected chi connectivity index (χ4v) is 8.84. The van der Waals surface area contributed by atoms with E-state index in [0.717, 1.165) is 45.5 Å². The van der Waals surface area contributed by atoms with Gasteiger partial charge in [0.15, 0.2) is 5.82 Å². The standard InChI is InChI=1S/C47H48ClN11O5/c1-3-7-31-24-35(40(61)25-39(31)60)45-54-55-47(64)59(45)32-14-12-29(13-15-32)26-51-41(62)17-20-50-46-52-37-28-56(38-11-6-9-30-8-5-10-36(48)43(30)38)21-18-34(37)44(53-46)57-22-23-58(42(63)4-2)33(27-57)16-19-49/h4-6,8-15,24-25,33,60-61H,2-3,7,16-18,20-23,26-28H2,1H3,(H,51,62)(H,55,64)(H,50,52,53)/t33-/m1/s1. The largest absolute Gasteiger partial charge is 0.508 e. The number of phenols is 2. The molecule has 328 valence electrons. The second kappa shape index (κ2) is 18.9. The highest BCUT2D eigenvalue weighted by atomic mass is 35.5. The predicted molar refractivity (Wildman–Crippen MR) is 246 cm³/mol. The number of nitrogens with zero attached hydrogens (tertiary/aromatic N) is 8. The third-order valence-electron chi connectivity index (χ3n) is 11.7. The van der Waals surface area contributed by atoms with E-state index in [4.69, 9.17) is 21.6 Å². The van der Waals surface area contributed by atoms with Gasteiger partial charge in [0.05, 0.1) is 47.0 Å². The van der Waals surface area contributed by atoms with Gasteiger partial charge < -0.3 is 35.5 Å². The first-order valence-corrected chi connectivity index (χ1v) is 21.6. The molecule has 0 aliphatic carbocycles. The van der Waals surface area contributed by atoms with Crippen molar-refractivity contribution in [1.82, 2.24) is 34.9 Å². The minimum Gasteiger partial charge on any atom is -0.508 e. The van der Waals surface area contributed by atoms with Crippen LogP contribution in [0.25, 0.3) is 27.8 Å². The predicted octanol–water partition coefficient (Wildman–Crippen LogP) is 5.99. The quantitative estimate of drug-likeness (QED) is 0.0801. The fourth-order valence-electron chi connectivity index (χ4n) is 8.56. The first kappa shape index (κ1) is 43.3. The highest BCUT2D eigenvalue weighted by Gasteiger charge is 2.33. The van der Waals surface area contributed by atoms with E-state index >= 15 is 0 Å². The van der Waals surface area contributed by atoms with E-state index in [9.17, 15) is 29.9 Å². The monoisotopic (exact) mass is 881 g/mol. The van der Waals surface area contributed by atoms with Crippen LogP contribution in [0.2, 0.25) is 5.02 Å². The van der Waals surface area contributed by atoms with Crippen molar-refractivity contribution < 1.29 is 19.8 Å². The van der Waals surface area contributed by atoms with Crippen molar-refractivity contribution in [3.63, 3.8) is 0 Å². The Morgan fingerprint density at radius 3 is 2.59 bits per heavy atom. The molecule has 2 aliphatic rings. The summed E-state index contributed by atoms with van der Waals surface area (Å²) in [6, 6.07) is 23.9. The Hall–Kier alpha value is -7.38. The van der Waals surface area contributed by atoms with Gasteiger partial charge in [0.2, 0.25) is 17.8 Å². The summed E-state index contributed by atoms with van der Waals surface area (Å²) in [4.78, 5) is 54.8. The minimum absolute atomic E-state index is 0.0247. The number of phenolic OH excluding ortho intramolecular Hbond substituents is 2. The summed E-state index contributed by atoms with van der Waals surface area (Å²) < 4.78 is 1.34. The Bertz CT molecular complexity index is 2830. The molecule has 0 unspecified atom stereocenters. The van der Waals surface area contributed by atoms with Gasteiger partial charge in [0.25, 0.3) is 0 Å². The Morgan fingerprint density at radius 2 is 1.83 bits per heavy atom. The highest BCUT2D eigenvalue weighted by Crippen LogP contribution is 2.38. The molecule has 5 N–H and O–H groups in total. The molecule has 64 heavy (non-hydrogen) atoms. The summed E-state index contributed by atoms with van der Waals surface area (Å²) in [5.41, 5.74) is 4.58. The lowest BCUT2D eigenvalue weighted by Crippen LogP contribution is -2.55. The van der Waals surface area contributed by atoms with Gasteiger partial charge in [-0.25, -0.2) is 19.4 Å². The summed E-state index contributed by atoms with van der Waals surface area (Å²) in [7, 11) is 0. The SMILES string of the molecule is C=CC(=O)N1CCN(c2nc(NCCC(=O)NCc3ccc(-n4c(-c5cc(CCC)c(O)cc5O)n[nH]c4=O)cc3)nc3c2CCN(c2cccc4cccc(Cl)c24)C3)C[C@H]1CC#N. The molecule has 0 saturated carbocycles. The molecule has 2 aliphatic heterocycles. The number of hydrogen-bond donors (Lipinski definition) is 5. The molecule has 4 aromatic carbocycles. The molecule has 16 nitrogen and oxygen atoms in total. The number of aromatic nitrogens is 5. The van der Waals surface area contributed by atoms with Crippen LogP contribution in [0.1, 0.15) is 48.6 Å². The van der Waals surface area contributed by atoms with Crippen LogP contribution in [-0.4, -0.2) is 90.4 Å². The zero-order valence-corrected chi connectivity index (χ0v) is 36.1. The number of H-pyrrole nitrogens is 1. The molecule has 0 spiro atoms. The summed E-state index contributed by atoms with van der Waals surface area (Å²) >= 11 is 6.75. The van der Waals surface area contributed by atoms with Crippen molar-refractivity contribution in [2.24, 2.45) is 0 Å². The maximum Gasteiger partial charge on any atom is 0.348 e. The van der Waals surface area contributed by atoms with Gasteiger partial charge in [0, 0.05) is 68.4 Å². The summed E-state index contributed by atoms with van der Waals surface area (Å²) in [6.07, 6.45) is 3.60. The molecular weight excluding hydrogens is 834 g/mol. The van der Waals surface area contributed by atoms with E-state index in [2.05, 4.69) is 49.3 Å². The number of benzene rings is 4. The second-order valence-corrected chi connectivity index (χ2v) is 16.2. The third kappa shape index (κ3) is 8.93. The number of piperazine rings is 1. The van der Waals surface area contributed by atoms with Gasteiger partial charge >= 0.3 is 5.69 Å². The minimum atomic E-state index is -0.499. The third-order valence-corrected chi connectivity index (χ3v) is 12.0. The van der Waals surface area contributed by atoms with Crippen LogP contribution in [-0.2, 0) is 35.5 Å². The van der Waals surface area contributed by atoms with Gasteiger partial charge in [-0.1, -0.05) is 67.9 Å². The highest BCUT2D eigenvalue weighted by molar-refractivity contribution is 6.36.